The van der Waals surface area contributed by atoms with Crippen molar-refractivity contribution in [3.63, 3.8) is 0 Å². The van der Waals surface area contributed by atoms with Crippen molar-refractivity contribution >= 4 is 33.2 Å². The first-order valence-electron chi connectivity index (χ1n) is 5.05. The average Bonchev–Trinajstić information content (AvgIpc) is 2.82. The van der Waals surface area contributed by atoms with Crippen molar-refractivity contribution in [2.45, 2.75) is 12.8 Å². The van der Waals surface area contributed by atoms with E-state index in [4.69, 9.17) is 0 Å². The standard InChI is InChI=1S/C10H13BrN2OS/c11-5-8-1-3-13(4-2-8)10(14)9-6-12-7-15-9/h6-8H,1-5H2. The Balaban J connectivity index is 1.93. The number of hydrogen-bond acceptors (Lipinski definition) is 3. The number of rotatable bonds is 2. The summed E-state index contributed by atoms with van der Waals surface area (Å²) in [6.45, 7) is 1.76. The number of carbonyl (C=O) groups is 1. The molecule has 0 N–H and O–H groups in total. The predicted octanol–water partition coefficient (Wildman–Crippen LogP) is 2.39. The van der Waals surface area contributed by atoms with Crippen molar-refractivity contribution in [3.05, 3.63) is 16.6 Å². The molecule has 2 heterocycles. The molecule has 1 aliphatic rings. The Labute approximate surface area is 102 Å². The lowest BCUT2D eigenvalue weighted by atomic mass is 9.99. The summed E-state index contributed by atoms with van der Waals surface area (Å²) < 4.78 is 0. The first kappa shape index (κ1) is 11.1. The van der Waals surface area contributed by atoms with Gasteiger partial charge in [-0.2, -0.15) is 0 Å². The molecule has 0 aliphatic carbocycles. The summed E-state index contributed by atoms with van der Waals surface area (Å²) in [5.41, 5.74) is 1.71. The minimum absolute atomic E-state index is 0.144. The molecule has 1 amide bonds. The van der Waals surface area contributed by atoms with Crippen LogP contribution in [0.3, 0.4) is 0 Å². The number of amides is 1. The van der Waals surface area contributed by atoms with Crippen molar-refractivity contribution in [2.24, 2.45) is 5.92 Å². The van der Waals surface area contributed by atoms with Crippen LogP contribution in [0.4, 0.5) is 0 Å². The Morgan fingerprint density at radius 2 is 2.33 bits per heavy atom. The number of nitrogens with zero attached hydrogens (tertiary/aromatic N) is 2. The Morgan fingerprint density at radius 1 is 1.60 bits per heavy atom. The Bertz CT molecular complexity index is 320. The number of hydrogen-bond donors (Lipinski definition) is 0. The van der Waals surface area contributed by atoms with E-state index in [1.807, 2.05) is 4.90 Å². The molecule has 0 unspecified atom stereocenters. The summed E-state index contributed by atoms with van der Waals surface area (Å²) in [5, 5.41) is 1.05. The van der Waals surface area contributed by atoms with Crippen LogP contribution < -0.4 is 0 Å². The summed E-state index contributed by atoms with van der Waals surface area (Å²) in [6, 6.07) is 0. The van der Waals surface area contributed by atoms with Crippen LogP contribution in [-0.4, -0.2) is 34.2 Å². The topological polar surface area (TPSA) is 33.2 Å². The lowest BCUT2D eigenvalue weighted by Crippen LogP contribution is -2.38. The van der Waals surface area contributed by atoms with E-state index >= 15 is 0 Å². The quantitative estimate of drug-likeness (QED) is 0.783. The van der Waals surface area contributed by atoms with Gasteiger partial charge in [0.05, 0.1) is 11.7 Å². The SMILES string of the molecule is O=C(c1cncs1)N1CCC(CBr)CC1. The molecule has 0 spiro atoms. The van der Waals surface area contributed by atoms with Gasteiger partial charge in [0.2, 0.25) is 0 Å². The highest BCUT2D eigenvalue weighted by Gasteiger charge is 2.23. The highest BCUT2D eigenvalue weighted by Crippen LogP contribution is 2.21. The zero-order valence-electron chi connectivity index (χ0n) is 8.36. The van der Waals surface area contributed by atoms with E-state index in [1.54, 1.807) is 11.7 Å². The maximum Gasteiger partial charge on any atom is 0.265 e. The molecule has 1 fully saturated rings. The Morgan fingerprint density at radius 3 is 2.87 bits per heavy atom. The smallest absolute Gasteiger partial charge is 0.265 e. The summed E-state index contributed by atoms with van der Waals surface area (Å²) in [4.78, 5) is 18.6. The van der Waals surface area contributed by atoms with E-state index in [0.717, 1.165) is 42.1 Å². The van der Waals surface area contributed by atoms with Crippen molar-refractivity contribution in [1.82, 2.24) is 9.88 Å². The molecule has 5 heteroatoms. The molecular formula is C10H13BrN2OS. The minimum atomic E-state index is 0.144. The van der Waals surface area contributed by atoms with Gasteiger partial charge in [-0.3, -0.25) is 9.78 Å². The normalized spacial score (nSPS) is 18.1. The van der Waals surface area contributed by atoms with E-state index in [9.17, 15) is 4.79 Å². The van der Waals surface area contributed by atoms with Crippen LogP contribution >= 0.6 is 27.3 Å². The predicted molar refractivity (Wildman–Crippen MR) is 64.5 cm³/mol. The summed E-state index contributed by atoms with van der Waals surface area (Å²) in [5.74, 6) is 0.876. The van der Waals surface area contributed by atoms with Crippen LogP contribution in [0, 0.1) is 5.92 Å². The van der Waals surface area contributed by atoms with Gasteiger partial charge in [-0.1, -0.05) is 15.9 Å². The highest BCUT2D eigenvalue weighted by atomic mass is 79.9. The molecule has 0 bridgehead atoms. The van der Waals surface area contributed by atoms with Gasteiger partial charge < -0.3 is 4.90 Å². The van der Waals surface area contributed by atoms with E-state index in [-0.39, 0.29) is 5.91 Å². The van der Waals surface area contributed by atoms with Gasteiger partial charge in [-0.25, -0.2) is 0 Å². The Kier molecular flexibility index (Phi) is 3.75. The minimum Gasteiger partial charge on any atom is -0.338 e. The number of likely N-dealkylation sites (tertiary alicyclic amines) is 1. The number of alkyl halides is 1. The third-order valence-corrected chi connectivity index (χ3v) is 4.44. The second-order valence-corrected chi connectivity index (χ2v) is 5.29. The summed E-state index contributed by atoms with van der Waals surface area (Å²) in [6.07, 6.45) is 3.87. The third-order valence-electron chi connectivity index (χ3n) is 2.76. The van der Waals surface area contributed by atoms with Gasteiger partial charge in [0, 0.05) is 18.4 Å². The van der Waals surface area contributed by atoms with Crippen LogP contribution in [0.1, 0.15) is 22.5 Å². The molecule has 1 aliphatic heterocycles. The number of thiazole rings is 1. The molecule has 1 aromatic heterocycles. The van der Waals surface area contributed by atoms with E-state index in [2.05, 4.69) is 20.9 Å². The van der Waals surface area contributed by atoms with Crippen molar-refractivity contribution in [1.29, 1.82) is 0 Å². The van der Waals surface area contributed by atoms with E-state index in [1.165, 1.54) is 11.3 Å². The van der Waals surface area contributed by atoms with Gasteiger partial charge in [-0.05, 0) is 18.8 Å². The number of aromatic nitrogens is 1. The lowest BCUT2D eigenvalue weighted by molar-refractivity contribution is 0.0703. The monoisotopic (exact) mass is 288 g/mol. The largest absolute Gasteiger partial charge is 0.338 e. The maximum atomic E-state index is 11.9. The van der Waals surface area contributed by atoms with Gasteiger partial charge in [0.1, 0.15) is 4.88 Å². The molecule has 1 aromatic rings. The van der Waals surface area contributed by atoms with Crippen molar-refractivity contribution in [3.8, 4) is 0 Å². The fraction of sp³-hybridized carbons (Fsp3) is 0.600. The first-order chi connectivity index (χ1) is 7.31. The van der Waals surface area contributed by atoms with Crippen LogP contribution in [0.15, 0.2) is 11.7 Å². The van der Waals surface area contributed by atoms with Crippen LogP contribution in [0.25, 0.3) is 0 Å². The van der Waals surface area contributed by atoms with Gasteiger partial charge in [-0.15, -0.1) is 11.3 Å². The van der Waals surface area contributed by atoms with Crippen LogP contribution in [0.5, 0.6) is 0 Å². The molecule has 1 saturated heterocycles. The maximum absolute atomic E-state index is 11.9. The lowest BCUT2D eigenvalue weighted by Gasteiger charge is -2.30. The van der Waals surface area contributed by atoms with Gasteiger partial charge >= 0.3 is 0 Å². The molecule has 0 aromatic carbocycles. The second-order valence-electron chi connectivity index (χ2n) is 3.76. The number of halogens is 1. The molecule has 2 rings (SSSR count). The fourth-order valence-corrected chi connectivity index (χ4v) is 3.00. The van der Waals surface area contributed by atoms with Crippen LogP contribution in [0.2, 0.25) is 0 Å². The van der Waals surface area contributed by atoms with E-state index in [0.29, 0.717) is 0 Å². The highest BCUT2D eigenvalue weighted by molar-refractivity contribution is 9.09. The molecule has 0 saturated carbocycles. The van der Waals surface area contributed by atoms with E-state index < -0.39 is 0 Å². The van der Waals surface area contributed by atoms with Gasteiger partial charge in [0.15, 0.2) is 0 Å². The zero-order valence-corrected chi connectivity index (χ0v) is 10.8. The zero-order chi connectivity index (χ0) is 10.7. The molecule has 15 heavy (non-hydrogen) atoms. The molecule has 0 radical (unpaired) electrons. The molecule has 3 nitrogen and oxygen atoms in total. The summed E-state index contributed by atoms with van der Waals surface area (Å²) in [7, 11) is 0. The van der Waals surface area contributed by atoms with Crippen molar-refractivity contribution in [2.75, 3.05) is 18.4 Å². The molecular weight excluding hydrogens is 276 g/mol. The fourth-order valence-electron chi connectivity index (χ4n) is 1.77. The number of piperidine rings is 1. The van der Waals surface area contributed by atoms with Crippen LogP contribution in [-0.2, 0) is 0 Å². The third kappa shape index (κ3) is 2.58. The summed E-state index contributed by atoms with van der Waals surface area (Å²) >= 11 is 4.91. The average molecular weight is 289 g/mol. The number of carbonyl (C=O) groups excluding carboxylic acids is 1. The Hall–Kier alpha value is -0.420. The van der Waals surface area contributed by atoms with Crippen molar-refractivity contribution < 1.29 is 4.79 Å². The first-order valence-corrected chi connectivity index (χ1v) is 7.05. The molecule has 82 valence electrons. The molecule has 0 atom stereocenters. The second kappa shape index (κ2) is 5.07. The van der Waals surface area contributed by atoms with Gasteiger partial charge in [0.25, 0.3) is 5.91 Å².